The van der Waals surface area contributed by atoms with Crippen LogP contribution in [-0.4, -0.2) is 106 Å². The Morgan fingerprint density at radius 3 is 1.88 bits per heavy atom. The highest BCUT2D eigenvalue weighted by Gasteiger charge is 2.42. The van der Waals surface area contributed by atoms with Crippen molar-refractivity contribution in [1.82, 2.24) is 14.7 Å². The number of non-ortho nitro benzene ring substituents is 2. The van der Waals surface area contributed by atoms with Crippen LogP contribution in [0.15, 0.2) is 48.5 Å². The van der Waals surface area contributed by atoms with Crippen LogP contribution in [0.5, 0.6) is 0 Å². The Balaban J connectivity index is 1.16. The number of nitro groups is 2. The summed E-state index contributed by atoms with van der Waals surface area (Å²) in [4.78, 5) is 63.2. The minimum absolute atomic E-state index is 0.0485. The van der Waals surface area contributed by atoms with Gasteiger partial charge in [-0.3, -0.25) is 34.8 Å². The molecule has 0 radical (unpaired) electrons. The van der Waals surface area contributed by atoms with E-state index in [4.69, 9.17) is 14.2 Å². The summed E-state index contributed by atoms with van der Waals surface area (Å²) in [5.41, 5.74) is 0.967. The van der Waals surface area contributed by atoms with Crippen molar-refractivity contribution < 1.29 is 43.5 Å². The first-order valence-electron chi connectivity index (χ1n) is 13.5. The Bertz CT molecular complexity index is 1310. The van der Waals surface area contributed by atoms with Crippen LogP contribution in [0, 0.1) is 20.2 Å². The molecule has 2 amide bonds. The minimum Gasteiger partial charge on any atom is -0.445 e. The molecule has 2 saturated heterocycles. The molecule has 2 fully saturated rings. The number of aliphatic hydroxyl groups excluding tert-OH is 1. The summed E-state index contributed by atoms with van der Waals surface area (Å²) < 4.78 is 15.4. The Hall–Kier alpha value is -4.83. The summed E-state index contributed by atoms with van der Waals surface area (Å²) >= 11 is 0. The average molecular weight is 602 g/mol. The number of nitrogens with zero attached hydrogens (tertiary/aromatic N) is 5. The zero-order chi connectivity index (χ0) is 30.9. The normalized spacial score (nSPS) is 18.6. The van der Waals surface area contributed by atoms with Gasteiger partial charge in [-0.15, -0.1) is 0 Å². The fraction of sp³-hybridized carbons (Fsp3) is 0.444. The van der Waals surface area contributed by atoms with E-state index in [1.807, 2.05) is 4.90 Å². The molecule has 230 valence electrons. The Morgan fingerprint density at radius 1 is 0.814 bits per heavy atom. The number of aliphatic hydroxyl groups is 1. The molecule has 0 saturated carbocycles. The maximum absolute atomic E-state index is 13.3. The van der Waals surface area contributed by atoms with Crippen molar-refractivity contribution >= 4 is 29.5 Å². The Labute approximate surface area is 245 Å². The molecule has 0 aromatic heterocycles. The van der Waals surface area contributed by atoms with Crippen molar-refractivity contribution in [3.05, 3.63) is 79.9 Å². The lowest BCUT2D eigenvalue weighted by Crippen LogP contribution is -2.54. The highest BCUT2D eigenvalue weighted by atomic mass is 16.7. The predicted molar refractivity (Wildman–Crippen MR) is 147 cm³/mol. The van der Waals surface area contributed by atoms with Gasteiger partial charge in [0.15, 0.2) is 0 Å². The van der Waals surface area contributed by atoms with Gasteiger partial charge in [0, 0.05) is 63.4 Å². The van der Waals surface area contributed by atoms with Gasteiger partial charge in [0.25, 0.3) is 11.4 Å². The summed E-state index contributed by atoms with van der Waals surface area (Å²) in [5.74, 6) is -0.297. The SMILES string of the molecule is O=C(OCCN1CCN(C(=O)C2CC(O)CN2C(=O)OCc2ccc([N+](=O)[O-])cc2)CC1)OCc1ccc([N+](=O)[O-])cc1. The number of amides is 2. The highest BCUT2D eigenvalue weighted by Crippen LogP contribution is 2.23. The van der Waals surface area contributed by atoms with Crippen molar-refractivity contribution in [2.24, 2.45) is 0 Å². The monoisotopic (exact) mass is 601 g/mol. The fourth-order valence-corrected chi connectivity index (χ4v) is 4.75. The first-order valence-corrected chi connectivity index (χ1v) is 13.5. The second kappa shape index (κ2) is 14.4. The topological polar surface area (TPSA) is 195 Å². The van der Waals surface area contributed by atoms with E-state index < -0.39 is 34.2 Å². The van der Waals surface area contributed by atoms with Crippen molar-refractivity contribution in [1.29, 1.82) is 0 Å². The van der Waals surface area contributed by atoms with Crippen molar-refractivity contribution in [2.75, 3.05) is 45.9 Å². The molecule has 2 heterocycles. The second-order valence-corrected chi connectivity index (χ2v) is 10.0. The van der Waals surface area contributed by atoms with Crippen LogP contribution in [0.3, 0.4) is 0 Å². The number of likely N-dealkylation sites (tertiary alicyclic amines) is 1. The smallest absolute Gasteiger partial charge is 0.445 e. The zero-order valence-electron chi connectivity index (χ0n) is 23.1. The molecule has 2 unspecified atom stereocenters. The lowest BCUT2D eigenvalue weighted by molar-refractivity contribution is -0.385. The van der Waals surface area contributed by atoms with Gasteiger partial charge in [-0.1, -0.05) is 0 Å². The van der Waals surface area contributed by atoms with Gasteiger partial charge < -0.3 is 24.2 Å². The van der Waals surface area contributed by atoms with E-state index in [1.165, 1.54) is 53.4 Å². The average Bonchev–Trinajstić information content (AvgIpc) is 3.40. The number of benzene rings is 2. The minimum atomic E-state index is -0.875. The molecule has 2 atom stereocenters. The molecule has 1 N–H and O–H groups in total. The molecule has 4 rings (SSSR count). The van der Waals surface area contributed by atoms with Crippen LogP contribution >= 0.6 is 0 Å². The van der Waals surface area contributed by atoms with Gasteiger partial charge >= 0.3 is 12.2 Å². The third-order valence-electron chi connectivity index (χ3n) is 7.12. The third-order valence-corrected chi connectivity index (χ3v) is 7.12. The number of hydrogen-bond donors (Lipinski definition) is 1. The van der Waals surface area contributed by atoms with Crippen LogP contribution in [-0.2, 0) is 32.2 Å². The molecule has 16 heteroatoms. The number of piperazine rings is 1. The number of carbonyl (C=O) groups is 3. The van der Waals surface area contributed by atoms with Crippen LogP contribution < -0.4 is 0 Å². The number of β-amino-alcohol motifs (C(OH)–C–C–N with tert-alkyl or cyclic N) is 1. The first kappa shape index (κ1) is 31.1. The van der Waals surface area contributed by atoms with Gasteiger partial charge in [-0.05, 0) is 35.4 Å². The summed E-state index contributed by atoms with van der Waals surface area (Å²) in [7, 11) is 0. The summed E-state index contributed by atoms with van der Waals surface area (Å²) in [6.07, 6.45) is -2.42. The van der Waals surface area contributed by atoms with E-state index in [-0.39, 0.29) is 50.1 Å². The molecule has 16 nitrogen and oxygen atoms in total. The number of carbonyl (C=O) groups excluding carboxylic acids is 3. The lowest BCUT2D eigenvalue weighted by Gasteiger charge is -2.36. The number of rotatable bonds is 10. The Kier molecular flexibility index (Phi) is 10.4. The van der Waals surface area contributed by atoms with Gasteiger partial charge in [-0.2, -0.15) is 0 Å². The van der Waals surface area contributed by atoms with Crippen molar-refractivity contribution in [3.63, 3.8) is 0 Å². The van der Waals surface area contributed by atoms with E-state index in [0.29, 0.717) is 43.9 Å². The second-order valence-electron chi connectivity index (χ2n) is 10.0. The van der Waals surface area contributed by atoms with Crippen LogP contribution in [0.25, 0.3) is 0 Å². The summed E-state index contributed by atoms with van der Waals surface area (Å²) in [6, 6.07) is 10.3. The maximum atomic E-state index is 13.3. The molecule has 2 aromatic carbocycles. The predicted octanol–water partition coefficient (Wildman–Crippen LogP) is 2.07. The summed E-state index contributed by atoms with van der Waals surface area (Å²) in [5, 5.41) is 31.7. The number of nitro benzene ring substituents is 2. The van der Waals surface area contributed by atoms with Gasteiger partial charge in [0.1, 0.15) is 25.9 Å². The molecule has 0 aliphatic carbocycles. The van der Waals surface area contributed by atoms with E-state index in [0.717, 1.165) is 0 Å². The van der Waals surface area contributed by atoms with Gasteiger partial charge in [-0.25, -0.2) is 9.59 Å². The standard InChI is InChI=1S/C27H31N5O11/c33-23-15-24(30(16-23)26(35)42-17-19-1-5-21(6-2-19)31(37)38)25(34)29-11-9-28(10-12-29)13-14-41-27(36)43-18-20-3-7-22(8-4-20)32(39)40/h1-8,23-24,33H,9-18H2. The fourth-order valence-electron chi connectivity index (χ4n) is 4.75. The number of hydrogen-bond acceptors (Lipinski definition) is 12. The molecule has 2 aromatic rings. The van der Waals surface area contributed by atoms with Crippen molar-refractivity contribution in [2.45, 2.75) is 31.8 Å². The molecule has 2 aliphatic heterocycles. The first-order chi connectivity index (χ1) is 20.6. The Morgan fingerprint density at radius 2 is 1.35 bits per heavy atom. The van der Waals surface area contributed by atoms with E-state index in [1.54, 1.807) is 4.90 Å². The largest absolute Gasteiger partial charge is 0.508 e. The van der Waals surface area contributed by atoms with Gasteiger partial charge in [0.05, 0.1) is 22.5 Å². The molecule has 2 aliphatic rings. The molecule has 43 heavy (non-hydrogen) atoms. The maximum Gasteiger partial charge on any atom is 0.508 e. The van der Waals surface area contributed by atoms with Crippen LogP contribution in [0.4, 0.5) is 21.0 Å². The highest BCUT2D eigenvalue weighted by molar-refractivity contribution is 5.86. The van der Waals surface area contributed by atoms with E-state index in [9.17, 15) is 39.7 Å². The molecular formula is C27H31N5O11. The molecular weight excluding hydrogens is 570 g/mol. The zero-order valence-corrected chi connectivity index (χ0v) is 23.1. The van der Waals surface area contributed by atoms with Crippen LogP contribution in [0.2, 0.25) is 0 Å². The van der Waals surface area contributed by atoms with Crippen LogP contribution in [0.1, 0.15) is 17.5 Å². The quantitative estimate of drug-likeness (QED) is 0.237. The number of ether oxygens (including phenoxy) is 3. The van der Waals surface area contributed by atoms with E-state index in [2.05, 4.69) is 0 Å². The van der Waals surface area contributed by atoms with Gasteiger partial charge in [0.2, 0.25) is 5.91 Å². The third kappa shape index (κ3) is 8.59. The molecule has 0 bridgehead atoms. The molecule has 0 spiro atoms. The lowest BCUT2D eigenvalue weighted by atomic mass is 10.1. The van der Waals surface area contributed by atoms with E-state index >= 15 is 0 Å². The van der Waals surface area contributed by atoms with Crippen molar-refractivity contribution in [3.8, 4) is 0 Å². The summed E-state index contributed by atoms with van der Waals surface area (Å²) in [6.45, 7) is 1.97.